The van der Waals surface area contributed by atoms with Crippen molar-refractivity contribution >= 4 is 23.1 Å². The second kappa shape index (κ2) is 6.06. The van der Waals surface area contributed by atoms with Crippen LogP contribution in [0, 0.1) is 5.92 Å². The Balaban J connectivity index is 2.81. The minimum atomic E-state index is 0.0447. The maximum absolute atomic E-state index is 11.2. The maximum Gasteiger partial charge on any atom is 0.159 e. The Morgan fingerprint density at radius 1 is 1.41 bits per heavy atom. The number of halogens is 1. The fourth-order valence-corrected chi connectivity index (χ4v) is 1.93. The lowest BCUT2D eigenvalue weighted by Gasteiger charge is -2.21. The summed E-state index contributed by atoms with van der Waals surface area (Å²) in [5, 5.41) is 0.643. The lowest BCUT2D eigenvalue weighted by atomic mass is 10.1. The van der Waals surface area contributed by atoms with Crippen LogP contribution in [0.25, 0.3) is 0 Å². The Morgan fingerprint density at radius 3 is 2.53 bits per heavy atom. The van der Waals surface area contributed by atoms with Crippen LogP contribution in [0.3, 0.4) is 0 Å². The van der Waals surface area contributed by atoms with Gasteiger partial charge in [-0.25, -0.2) is 0 Å². The largest absolute Gasteiger partial charge is 0.373 e. The van der Waals surface area contributed by atoms with Gasteiger partial charge in [0.15, 0.2) is 5.78 Å². The number of hydrogen-bond donors (Lipinski definition) is 0. The molecule has 0 atom stereocenters. The SMILES string of the molecule is CC(=O)c1ccc(N(C)CCC(C)C)c(Cl)c1. The third kappa shape index (κ3) is 4.04. The number of benzene rings is 1. The van der Waals surface area contributed by atoms with Crippen LogP contribution >= 0.6 is 11.6 Å². The van der Waals surface area contributed by atoms with Crippen LogP contribution in [-0.2, 0) is 0 Å². The fraction of sp³-hybridized carbons (Fsp3) is 0.500. The van der Waals surface area contributed by atoms with Gasteiger partial charge in [0.25, 0.3) is 0 Å². The van der Waals surface area contributed by atoms with Gasteiger partial charge in [0.1, 0.15) is 0 Å². The van der Waals surface area contributed by atoms with Crippen molar-refractivity contribution in [3.63, 3.8) is 0 Å². The molecule has 1 aromatic carbocycles. The van der Waals surface area contributed by atoms with Crippen LogP contribution in [0.4, 0.5) is 5.69 Å². The van der Waals surface area contributed by atoms with Gasteiger partial charge in [-0.2, -0.15) is 0 Å². The van der Waals surface area contributed by atoms with Gasteiger partial charge in [-0.1, -0.05) is 25.4 Å². The monoisotopic (exact) mass is 253 g/mol. The predicted octanol–water partition coefficient (Wildman–Crippen LogP) is 4.02. The smallest absolute Gasteiger partial charge is 0.159 e. The first-order chi connectivity index (χ1) is 7.91. The van der Waals surface area contributed by atoms with Gasteiger partial charge in [0, 0.05) is 19.2 Å². The molecule has 0 aliphatic heterocycles. The Hall–Kier alpha value is -1.02. The molecule has 3 heteroatoms. The first kappa shape index (κ1) is 14.0. The molecule has 1 rings (SSSR count). The highest BCUT2D eigenvalue weighted by atomic mass is 35.5. The number of anilines is 1. The van der Waals surface area contributed by atoms with Crippen molar-refractivity contribution in [1.29, 1.82) is 0 Å². The number of Topliss-reactive ketones (excluding diaryl/α,β-unsaturated/α-hetero) is 1. The van der Waals surface area contributed by atoms with E-state index in [0.29, 0.717) is 16.5 Å². The van der Waals surface area contributed by atoms with E-state index in [1.54, 1.807) is 13.0 Å². The van der Waals surface area contributed by atoms with Gasteiger partial charge >= 0.3 is 0 Å². The van der Waals surface area contributed by atoms with E-state index in [1.807, 2.05) is 19.2 Å². The summed E-state index contributed by atoms with van der Waals surface area (Å²) in [6.45, 7) is 6.92. The van der Waals surface area contributed by atoms with Crippen molar-refractivity contribution in [2.75, 3.05) is 18.5 Å². The summed E-state index contributed by atoms with van der Waals surface area (Å²) in [5.41, 5.74) is 1.65. The topological polar surface area (TPSA) is 20.3 Å². The van der Waals surface area contributed by atoms with Crippen molar-refractivity contribution < 1.29 is 4.79 Å². The molecular formula is C14H20ClNO. The molecule has 17 heavy (non-hydrogen) atoms. The van der Waals surface area contributed by atoms with Crippen LogP contribution in [0.2, 0.25) is 5.02 Å². The predicted molar refractivity (Wildman–Crippen MR) is 74.2 cm³/mol. The van der Waals surface area contributed by atoms with Crippen molar-refractivity contribution in [2.24, 2.45) is 5.92 Å². The van der Waals surface area contributed by atoms with Gasteiger partial charge in [-0.05, 0) is 37.5 Å². The Labute approximate surface area is 109 Å². The first-order valence-corrected chi connectivity index (χ1v) is 6.31. The molecule has 0 aliphatic carbocycles. The second-order valence-corrected chi connectivity index (χ2v) is 5.23. The third-order valence-electron chi connectivity index (χ3n) is 2.81. The third-order valence-corrected chi connectivity index (χ3v) is 3.11. The van der Waals surface area contributed by atoms with Crippen LogP contribution in [0.15, 0.2) is 18.2 Å². The Morgan fingerprint density at radius 2 is 2.06 bits per heavy atom. The molecule has 0 N–H and O–H groups in total. The van der Waals surface area contributed by atoms with E-state index in [4.69, 9.17) is 11.6 Å². The van der Waals surface area contributed by atoms with E-state index in [2.05, 4.69) is 18.7 Å². The molecule has 0 heterocycles. The minimum Gasteiger partial charge on any atom is -0.373 e. The molecule has 2 nitrogen and oxygen atoms in total. The lowest BCUT2D eigenvalue weighted by molar-refractivity contribution is 0.101. The van der Waals surface area contributed by atoms with E-state index in [0.717, 1.165) is 18.7 Å². The molecule has 0 aromatic heterocycles. The second-order valence-electron chi connectivity index (χ2n) is 4.83. The van der Waals surface area contributed by atoms with Gasteiger partial charge in [-0.3, -0.25) is 4.79 Å². The van der Waals surface area contributed by atoms with Crippen LogP contribution in [0.1, 0.15) is 37.6 Å². The van der Waals surface area contributed by atoms with Crippen molar-refractivity contribution in [2.45, 2.75) is 27.2 Å². The number of carbonyl (C=O) groups is 1. The van der Waals surface area contributed by atoms with Gasteiger partial charge < -0.3 is 4.90 Å². The molecule has 0 aliphatic rings. The summed E-state index contributed by atoms with van der Waals surface area (Å²) < 4.78 is 0. The number of nitrogens with zero attached hydrogens (tertiary/aromatic N) is 1. The quantitative estimate of drug-likeness (QED) is 0.739. The average Bonchev–Trinajstić information content (AvgIpc) is 2.25. The van der Waals surface area contributed by atoms with Crippen molar-refractivity contribution in [3.8, 4) is 0 Å². The molecule has 0 bridgehead atoms. The minimum absolute atomic E-state index is 0.0447. The summed E-state index contributed by atoms with van der Waals surface area (Å²) in [4.78, 5) is 13.4. The van der Waals surface area contributed by atoms with Crippen molar-refractivity contribution in [3.05, 3.63) is 28.8 Å². The summed E-state index contributed by atoms with van der Waals surface area (Å²) in [5.74, 6) is 0.719. The number of carbonyl (C=O) groups excluding carboxylic acids is 1. The fourth-order valence-electron chi connectivity index (χ4n) is 1.61. The number of rotatable bonds is 5. The normalized spacial score (nSPS) is 10.7. The van der Waals surface area contributed by atoms with Crippen LogP contribution in [-0.4, -0.2) is 19.4 Å². The molecule has 94 valence electrons. The van der Waals surface area contributed by atoms with Gasteiger partial charge in [-0.15, -0.1) is 0 Å². The molecular weight excluding hydrogens is 234 g/mol. The molecule has 0 unspecified atom stereocenters. The highest BCUT2D eigenvalue weighted by molar-refractivity contribution is 6.33. The summed E-state index contributed by atoms with van der Waals surface area (Å²) in [7, 11) is 2.02. The molecule has 0 spiro atoms. The molecule has 0 amide bonds. The standard InChI is InChI=1S/C14H20ClNO/c1-10(2)7-8-16(4)14-6-5-12(11(3)17)9-13(14)15/h5-6,9-10H,7-8H2,1-4H3. The van der Waals surface area contributed by atoms with Crippen LogP contribution in [0.5, 0.6) is 0 Å². The van der Waals surface area contributed by atoms with Gasteiger partial charge in [0.05, 0.1) is 10.7 Å². The lowest BCUT2D eigenvalue weighted by Crippen LogP contribution is -2.20. The summed E-state index contributed by atoms with van der Waals surface area (Å²) in [6.07, 6.45) is 1.13. The van der Waals surface area contributed by atoms with Gasteiger partial charge in [0.2, 0.25) is 0 Å². The molecule has 0 fully saturated rings. The Kier molecular flexibility index (Phi) is 5.01. The zero-order chi connectivity index (χ0) is 13.0. The zero-order valence-electron chi connectivity index (χ0n) is 11.0. The average molecular weight is 254 g/mol. The maximum atomic E-state index is 11.2. The zero-order valence-corrected chi connectivity index (χ0v) is 11.7. The van der Waals surface area contributed by atoms with E-state index in [9.17, 15) is 4.79 Å². The highest BCUT2D eigenvalue weighted by Gasteiger charge is 2.09. The number of hydrogen-bond acceptors (Lipinski definition) is 2. The summed E-state index contributed by atoms with van der Waals surface area (Å²) >= 11 is 6.19. The van der Waals surface area contributed by atoms with E-state index < -0.39 is 0 Å². The van der Waals surface area contributed by atoms with E-state index in [-0.39, 0.29) is 5.78 Å². The van der Waals surface area contributed by atoms with Crippen LogP contribution < -0.4 is 4.90 Å². The highest BCUT2D eigenvalue weighted by Crippen LogP contribution is 2.26. The molecule has 0 saturated carbocycles. The Bertz CT molecular complexity index is 401. The molecule has 1 aromatic rings. The van der Waals surface area contributed by atoms with E-state index >= 15 is 0 Å². The molecule has 0 radical (unpaired) electrons. The summed E-state index contributed by atoms with van der Waals surface area (Å²) in [6, 6.07) is 5.49. The van der Waals surface area contributed by atoms with Crippen molar-refractivity contribution in [1.82, 2.24) is 0 Å². The first-order valence-electron chi connectivity index (χ1n) is 5.93. The van der Waals surface area contributed by atoms with E-state index in [1.165, 1.54) is 0 Å². The molecule has 0 saturated heterocycles. The number of ketones is 1.